The molecular weight excluding hydrogens is 475 g/mol. The van der Waals surface area contributed by atoms with E-state index in [-0.39, 0.29) is 40.3 Å². The van der Waals surface area contributed by atoms with Crippen molar-refractivity contribution >= 4 is 38.4 Å². The summed E-state index contributed by atoms with van der Waals surface area (Å²) < 4.78 is 63.9. The number of para-hydroxylation sites is 1. The van der Waals surface area contributed by atoms with E-state index in [1.165, 1.54) is 11.0 Å². The van der Waals surface area contributed by atoms with Crippen molar-refractivity contribution in [3.05, 3.63) is 66.0 Å². The lowest BCUT2D eigenvalue weighted by molar-refractivity contribution is -0.145. The quantitative estimate of drug-likeness (QED) is 0.381. The molecule has 0 spiro atoms. The average Bonchev–Trinajstić information content (AvgIpc) is 3.14. The van der Waals surface area contributed by atoms with Gasteiger partial charge in [0.05, 0.1) is 22.8 Å². The minimum absolute atomic E-state index is 0.00880. The van der Waals surface area contributed by atoms with Crippen molar-refractivity contribution in [1.82, 2.24) is 14.9 Å². The number of nitrogens with zero attached hydrogens (tertiary/aromatic N) is 3. The number of alkyl halides is 3. The third-order valence-electron chi connectivity index (χ3n) is 5.32. The third kappa shape index (κ3) is 5.64. The number of sulfone groups is 1. The number of halogens is 3. The molecule has 0 saturated carbocycles. The molecule has 2 heterocycles. The lowest BCUT2D eigenvalue weighted by Gasteiger charge is -2.28. The summed E-state index contributed by atoms with van der Waals surface area (Å²) in [6.07, 6.45) is -4.39. The van der Waals surface area contributed by atoms with Gasteiger partial charge in [0.25, 0.3) is 0 Å². The van der Waals surface area contributed by atoms with E-state index < -0.39 is 27.9 Å². The number of amides is 1. The molecule has 1 fully saturated rings. The highest BCUT2D eigenvalue weighted by molar-refractivity contribution is 8.00. The van der Waals surface area contributed by atoms with Crippen molar-refractivity contribution in [2.75, 3.05) is 17.3 Å². The van der Waals surface area contributed by atoms with Crippen molar-refractivity contribution in [2.45, 2.75) is 30.2 Å². The van der Waals surface area contributed by atoms with Gasteiger partial charge in [0.2, 0.25) is 11.7 Å². The molecule has 1 aliphatic rings. The Morgan fingerprint density at radius 1 is 1.06 bits per heavy atom. The summed E-state index contributed by atoms with van der Waals surface area (Å²) in [5.74, 6) is -1.91. The summed E-state index contributed by atoms with van der Waals surface area (Å²) in [6.45, 7) is 0.221. The molecule has 1 aliphatic heterocycles. The number of aromatic nitrogens is 2. The van der Waals surface area contributed by atoms with Crippen LogP contribution in [0.4, 0.5) is 13.2 Å². The second-order valence-electron chi connectivity index (χ2n) is 7.72. The first-order valence-electron chi connectivity index (χ1n) is 10.1. The molecule has 174 valence electrons. The van der Waals surface area contributed by atoms with Crippen LogP contribution in [0.1, 0.15) is 17.8 Å². The molecule has 0 unspecified atom stereocenters. The van der Waals surface area contributed by atoms with Crippen molar-refractivity contribution in [1.29, 1.82) is 0 Å². The number of carbonyl (C=O) groups excluding carboxylic acids is 1. The van der Waals surface area contributed by atoms with Crippen LogP contribution in [0, 0.1) is 0 Å². The zero-order valence-corrected chi connectivity index (χ0v) is 19.0. The highest BCUT2D eigenvalue weighted by Crippen LogP contribution is 2.32. The van der Waals surface area contributed by atoms with Gasteiger partial charge in [-0.1, -0.05) is 60.3 Å². The molecule has 1 atom stereocenters. The first-order chi connectivity index (χ1) is 15.6. The number of benzene rings is 2. The molecule has 4 rings (SSSR count). The van der Waals surface area contributed by atoms with Gasteiger partial charge in [-0.05, 0) is 18.1 Å². The topological polar surface area (TPSA) is 80.2 Å². The van der Waals surface area contributed by atoms with Crippen molar-refractivity contribution in [2.24, 2.45) is 0 Å². The molecular formula is C22H20F3N3O3S2. The molecule has 33 heavy (non-hydrogen) atoms. The zero-order chi connectivity index (χ0) is 23.6. The highest BCUT2D eigenvalue weighted by atomic mass is 32.2. The van der Waals surface area contributed by atoms with Gasteiger partial charge in [-0.25, -0.2) is 18.4 Å². The predicted octanol–water partition coefficient (Wildman–Crippen LogP) is 3.96. The Hall–Kier alpha value is -2.66. The normalized spacial score (nSPS) is 17.8. The van der Waals surface area contributed by atoms with E-state index in [1.54, 1.807) is 18.2 Å². The fourth-order valence-electron chi connectivity index (χ4n) is 3.72. The highest BCUT2D eigenvalue weighted by Gasteiger charge is 2.36. The minimum atomic E-state index is -4.72. The van der Waals surface area contributed by atoms with Gasteiger partial charge in [-0.15, -0.1) is 0 Å². The van der Waals surface area contributed by atoms with Crippen LogP contribution in [0.3, 0.4) is 0 Å². The summed E-state index contributed by atoms with van der Waals surface area (Å²) in [5, 5.41) is 0.473. The van der Waals surface area contributed by atoms with Gasteiger partial charge in [-0.2, -0.15) is 13.2 Å². The maximum atomic E-state index is 13.3. The summed E-state index contributed by atoms with van der Waals surface area (Å²) in [7, 11) is -3.23. The van der Waals surface area contributed by atoms with E-state index in [9.17, 15) is 26.4 Å². The van der Waals surface area contributed by atoms with Crippen LogP contribution < -0.4 is 0 Å². The molecule has 0 radical (unpaired) electrons. The van der Waals surface area contributed by atoms with E-state index in [2.05, 4.69) is 9.97 Å². The molecule has 6 nitrogen and oxygen atoms in total. The minimum Gasteiger partial charge on any atom is -0.334 e. The molecule has 3 aromatic rings. The van der Waals surface area contributed by atoms with Gasteiger partial charge in [0.15, 0.2) is 9.84 Å². The molecule has 1 saturated heterocycles. The first kappa shape index (κ1) is 23.5. The maximum Gasteiger partial charge on any atom is 0.451 e. The fourth-order valence-corrected chi connectivity index (χ4v) is 6.36. The number of thioether (sulfide) groups is 1. The number of hydrogen-bond donors (Lipinski definition) is 0. The Kier molecular flexibility index (Phi) is 6.62. The van der Waals surface area contributed by atoms with Crippen LogP contribution in [0.2, 0.25) is 0 Å². The van der Waals surface area contributed by atoms with Crippen LogP contribution in [-0.2, 0) is 27.4 Å². The van der Waals surface area contributed by atoms with E-state index in [0.29, 0.717) is 11.8 Å². The van der Waals surface area contributed by atoms with Crippen LogP contribution in [0.25, 0.3) is 10.9 Å². The van der Waals surface area contributed by atoms with Crippen molar-refractivity contribution in [3.8, 4) is 0 Å². The summed E-state index contributed by atoms with van der Waals surface area (Å²) in [6, 6.07) is 15.0. The number of carbonyl (C=O) groups is 1. The van der Waals surface area contributed by atoms with E-state index in [4.69, 9.17) is 0 Å². The molecule has 0 aliphatic carbocycles. The second kappa shape index (κ2) is 9.30. The largest absolute Gasteiger partial charge is 0.451 e. The molecule has 0 bridgehead atoms. The van der Waals surface area contributed by atoms with E-state index >= 15 is 0 Å². The number of hydrogen-bond acceptors (Lipinski definition) is 6. The van der Waals surface area contributed by atoms with Gasteiger partial charge in [0, 0.05) is 18.0 Å². The Balaban J connectivity index is 1.59. The predicted molar refractivity (Wildman–Crippen MR) is 119 cm³/mol. The molecule has 11 heteroatoms. The van der Waals surface area contributed by atoms with Crippen molar-refractivity contribution < 1.29 is 26.4 Å². The fraction of sp³-hybridized carbons (Fsp3) is 0.318. The number of rotatable bonds is 6. The standard InChI is InChI=1S/C22H20F3N3O3S2/c23-22(24,25)21-26-18-9-5-4-8-17(18)20(27-21)32-13-19(29)28(12-15-6-2-1-3-7-15)16-10-11-33(30,31)14-16/h1-9,16H,10-14H2/t16-/m1/s1. The summed E-state index contributed by atoms with van der Waals surface area (Å²) in [4.78, 5) is 22.0. The first-order valence-corrected chi connectivity index (χ1v) is 12.9. The van der Waals surface area contributed by atoms with Gasteiger partial charge >= 0.3 is 6.18 Å². The van der Waals surface area contributed by atoms with Gasteiger partial charge < -0.3 is 4.90 Å². The second-order valence-corrected chi connectivity index (χ2v) is 10.9. The Morgan fingerprint density at radius 2 is 1.76 bits per heavy atom. The maximum absolute atomic E-state index is 13.3. The lowest BCUT2D eigenvalue weighted by Crippen LogP contribution is -2.41. The smallest absolute Gasteiger partial charge is 0.334 e. The Morgan fingerprint density at radius 3 is 2.42 bits per heavy atom. The van der Waals surface area contributed by atoms with Gasteiger partial charge in [-0.3, -0.25) is 4.79 Å². The average molecular weight is 496 g/mol. The Labute approximate surface area is 193 Å². The molecule has 2 aromatic carbocycles. The molecule has 1 amide bonds. The monoisotopic (exact) mass is 495 g/mol. The van der Waals surface area contributed by atoms with Crippen molar-refractivity contribution in [3.63, 3.8) is 0 Å². The Bertz CT molecular complexity index is 1270. The summed E-state index contributed by atoms with van der Waals surface area (Å²) in [5.41, 5.74) is 0.977. The van der Waals surface area contributed by atoms with Crippen LogP contribution in [-0.4, -0.2) is 52.5 Å². The molecule has 1 aromatic heterocycles. The third-order valence-corrected chi connectivity index (χ3v) is 8.05. The van der Waals surface area contributed by atoms with E-state index in [1.807, 2.05) is 30.3 Å². The zero-order valence-electron chi connectivity index (χ0n) is 17.3. The van der Waals surface area contributed by atoms with E-state index in [0.717, 1.165) is 17.3 Å². The SMILES string of the molecule is O=C(CSc1nc(C(F)(F)F)nc2ccccc12)N(Cc1ccccc1)[C@@H]1CCS(=O)(=O)C1. The van der Waals surface area contributed by atoms with Crippen LogP contribution >= 0.6 is 11.8 Å². The van der Waals surface area contributed by atoms with Crippen LogP contribution in [0.5, 0.6) is 0 Å². The summed E-state index contributed by atoms with van der Waals surface area (Å²) >= 11 is 0.894. The lowest BCUT2D eigenvalue weighted by atomic mass is 10.1. The number of fused-ring (bicyclic) bond motifs is 1. The van der Waals surface area contributed by atoms with Gasteiger partial charge in [0.1, 0.15) is 5.03 Å². The molecule has 0 N–H and O–H groups in total. The van der Waals surface area contributed by atoms with Crippen LogP contribution in [0.15, 0.2) is 59.6 Å².